The third-order valence-electron chi connectivity index (χ3n) is 3.24. The molecule has 1 aromatic carbocycles. The average molecular weight is 377 g/mol. The van der Waals surface area contributed by atoms with E-state index in [-0.39, 0.29) is 22.4 Å². The molecule has 1 heterocycles. The zero-order valence-corrected chi connectivity index (χ0v) is 15.0. The lowest BCUT2D eigenvalue weighted by atomic mass is 10.2. The third kappa shape index (κ3) is 5.31. The SMILES string of the molecule is CCCCOC(=O)c1ccccc1NC(=O)CSc1nncc(=O)n1N. The van der Waals surface area contributed by atoms with Crippen molar-refractivity contribution >= 4 is 29.3 Å². The third-order valence-corrected chi connectivity index (χ3v) is 4.18. The summed E-state index contributed by atoms with van der Waals surface area (Å²) in [5.74, 6) is 4.59. The maximum absolute atomic E-state index is 12.2. The molecule has 9 nitrogen and oxygen atoms in total. The van der Waals surface area contributed by atoms with Gasteiger partial charge in [-0.25, -0.2) is 4.79 Å². The molecule has 0 saturated heterocycles. The van der Waals surface area contributed by atoms with Crippen molar-refractivity contribution in [3.63, 3.8) is 0 Å². The van der Waals surface area contributed by atoms with Crippen molar-refractivity contribution in [3.05, 3.63) is 46.4 Å². The molecule has 0 fully saturated rings. The van der Waals surface area contributed by atoms with Gasteiger partial charge >= 0.3 is 5.97 Å². The van der Waals surface area contributed by atoms with Crippen LogP contribution in [0.15, 0.2) is 40.4 Å². The van der Waals surface area contributed by atoms with Crippen molar-refractivity contribution < 1.29 is 14.3 Å². The standard InChI is InChI=1S/C16H19N5O4S/c1-2-3-8-25-15(24)11-6-4-5-7-12(11)19-13(22)10-26-16-20-18-9-14(23)21(16)17/h4-7,9H,2-3,8,10,17H2,1H3,(H,19,22). The molecule has 138 valence electrons. The quantitative estimate of drug-likeness (QED) is 0.302. The van der Waals surface area contributed by atoms with Crippen LogP contribution in [0.4, 0.5) is 5.69 Å². The van der Waals surface area contributed by atoms with E-state index in [0.29, 0.717) is 12.3 Å². The highest BCUT2D eigenvalue weighted by atomic mass is 32.2. The Labute approximate surface area is 153 Å². The van der Waals surface area contributed by atoms with Crippen LogP contribution < -0.4 is 16.7 Å². The van der Waals surface area contributed by atoms with Crippen LogP contribution in [0.25, 0.3) is 0 Å². The lowest BCUT2D eigenvalue weighted by molar-refractivity contribution is -0.113. The molecule has 26 heavy (non-hydrogen) atoms. The fourth-order valence-corrected chi connectivity index (χ4v) is 2.57. The number of ether oxygens (including phenoxy) is 1. The van der Waals surface area contributed by atoms with Gasteiger partial charge in [-0.3, -0.25) is 9.59 Å². The maximum Gasteiger partial charge on any atom is 0.340 e. The van der Waals surface area contributed by atoms with Crippen molar-refractivity contribution in [2.45, 2.75) is 24.9 Å². The predicted molar refractivity (Wildman–Crippen MR) is 97.4 cm³/mol. The average Bonchev–Trinajstić information content (AvgIpc) is 2.63. The molecule has 1 amide bonds. The first-order valence-corrected chi connectivity index (χ1v) is 8.90. The second-order valence-electron chi connectivity index (χ2n) is 5.21. The first-order chi connectivity index (χ1) is 12.5. The van der Waals surface area contributed by atoms with Crippen LogP contribution in [-0.4, -0.2) is 39.1 Å². The molecule has 0 spiro atoms. The van der Waals surface area contributed by atoms with Gasteiger partial charge in [-0.05, 0) is 18.6 Å². The summed E-state index contributed by atoms with van der Waals surface area (Å²) in [7, 11) is 0. The van der Waals surface area contributed by atoms with Gasteiger partial charge in [0.1, 0.15) is 6.20 Å². The van der Waals surface area contributed by atoms with E-state index in [1.54, 1.807) is 24.3 Å². The fourth-order valence-electron chi connectivity index (χ4n) is 1.90. The highest BCUT2D eigenvalue weighted by Gasteiger charge is 2.15. The summed E-state index contributed by atoms with van der Waals surface area (Å²) in [6.45, 7) is 2.33. The molecule has 0 aliphatic carbocycles. The molecular formula is C16H19N5O4S. The Kier molecular flexibility index (Phi) is 7.15. The molecule has 0 bridgehead atoms. The van der Waals surface area contributed by atoms with Crippen LogP contribution in [0.2, 0.25) is 0 Å². The largest absolute Gasteiger partial charge is 0.462 e. The number of amides is 1. The number of benzene rings is 1. The van der Waals surface area contributed by atoms with Crippen LogP contribution in [0.5, 0.6) is 0 Å². The van der Waals surface area contributed by atoms with E-state index in [1.807, 2.05) is 6.92 Å². The summed E-state index contributed by atoms with van der Waals surface area (Å²) in [5.41, 5.74) is 0.101. The summed E-state index contributed by atoms with van der Waals surface area (Å²) in [4.78, 5) is 35.7. The molecule has 0 unspecified atom stereocenters. The summed E-state index contributed by atoms with van der Waals surface area (Å²) in [6.07, 6.45) is 2.66. The minimum absolute atomic E-state index is 0.0610. The molecule has 0 atom stereocenters. The number of para-hydroxylation sites is 1. The van der Waals surface area contributed by atoms with E-state index < -0.39 is 11.5 Å². The zero-order valence-electron chi connectivity index (χ0n) is 14.2. The lowest BCUT2D eigenvalue weighted by Gasteiger charge is -2.11. The maximum atomic E-state index is 12.2. The number of unbranched alkanes of at least 4 members (excludes halogenated alkanes) is 1. The molecule has 0 radical (unpaired) electrons. The van der Waals surface area contributed by atoms with Crippen LogP contribution in [0.3, 0.4) is 0 Å². The van der Waals surface area contributed by atoms with Crippen molar-refractivity contribution in [1.82, 2.24) is 14.9 Å². The fraction of sp³-hybridized carbons (Fsp3) is 0.312. The Hall–Kier alpha value is -2.88. The molecule has 2 rings (SSSR count). The van der Waals surface area contributed by atoms with Crippen LogP contribution >= 0.6 is 11.8 Å². The molecule has 0 aliphatic heterocycles. The number of nitrogens with zero attached hydrogens (tertiary/aromatic N) is 3. The van der Waals surface area contributed by atoms with Gasteiger partial charge in [0.2, 0.25) is 11.1 Å². The van der Waals surface area contributed by atoms with E-state index in [9.17, 15) is 14.4 Å². The molecule has 10 heteroatoms. The normalized spacial score (nSPS) is 10.3. The second-order valence-corrected chi connectivity index (χ2v) is 6.15. The van der Waals surface area contributed by atoms with Crippen LogP contribution in [-0.2, 0) is 9.53 Å². The molecular weight excluding hydrogens is 358 g/mol. The van der Waals surface area contributed by atoms with Gasteiger partial charge in [0.15, 0.2) is 0 Å². The van der Waals surface area contributed by atoms with Crippen molar-refractivity contribution in [3.8, 4) is 0 Å². The highest BCUT2D eigenvalue weighted by Crippen LogP contribution is 2.18. The predicted octanol–water partition coefficient (Wildman–Crippen LogP) is 1.04. The van der Waals surface area contributed by atoms with E-state index in [2.05, 4.69) is 15.5 Å². The van der Waals surface area contributed by atoms with E-state index >= 15 is 0 Å². The van der Waals surface area contributed by atoms with Gasteiger partial charge in [0.25, 0.3) is 5.56 Å². The second kappa shape index (κ2) is 9.56. The van der Waals surface area contributed by atoms with Crippen LogP contribution in [0, 0.1) is 0 Å². The number of carbonyl (C=O) groups excluding carboxylic acids is 2. The smallest absolute Gasteiger partial charge is 0.340 e. The molecule has 0 saturated carbocycles. The number of esters is 1. The van der Waals surface area contributed by atoms with Gasteiger partial charge in [0.05, 0.1) is 23.6 Å². The van der Waals surface area contributed by atoms with Gasteiger partial charge in [-0.2, -0.15) is 9.77 Å². The number of aromatic nitrogens is 3. The topological polar surface area (TPSA) is 129 Å². The molecule has 0 aliphatic rings. The van der Waals surface area contributed by atoms with Crippen molar-refractivity contribution in [1.29, 1.82) is 0 Å². The van der Waals surface area contributed by atoms with E-state index in [1.165, 1.54) is 0 Å². The highest BCUT2D eigenvalue weighted by molar-refractivity contribution is 7.99. The van der Waals surface area contributed by atoms with Gasteiger partial charge in [-0.1, -0.05) is 37.2 Å². The summed E-state index contributed by atoms with van der Waals surface area (Å²) in [6, 6.07) is 6.58. The number of thioether (sulfide) groups is 1. The summed E-state index contributed by atoms with van der Waals surface area (Å²) < 4.78 is 5.99. The van der Waals surface area contributed by atoms with Gasteiger partial charge in [0, 0.05) is 0 Å². The van der Waals surface area contributed by atoms with E-state index in [4.69, 9.17) is 10.6 Å². The van der Waals surface area contributed by atoms with Crippen molar-refractivity contribution in [2.75, 3.05) is 23.5 Å². The number of hydrogen-bond donors (Lipinski definition) is 2. The number of nitrogens with one attached hydrogen (secondary N) is 1. The summed E-state index contributed by atoms with van der Waals surface area (Å²) in [5, 5.41) is 9.97. The number of nitrogens with two attached hydrogens (primary N) is 1. The molecule has 2 aromatic rings. The first kappa shape index (κ1) is 19.4. The van der Waals surface area contributed by atoms with Gasteiger partial charge < -0.3 is 15.9 Å². The number of anilines is 1. The number of nitrogen functional groups attached to an aromatic ring is 1. The Balaban J connectivity index is 1.99. The van der Waals surface area contributed by atoms with Crippen LogP contribution in [0.1, 0.15) is 30.1 Å². The lowest BCUT2D eigenvalue weighted by Crippen LogP contribution is -2.30. The van der Waals surface area contributed by atoms with Crippen molar-refractivity contribution in [2.24, 2.45) is 0 Å². The Morgan fingerprint density at radius 2 is 2.12 bits per heavy atom. The Morgan fingerprint density at radius 1 is 1.35 bits per heavy atom. The van der Waals surface area contributed by atoms with Gasteiger partial charge in [-0.15, -0.1) is 5.10 Å². The Morgan fingerprint density at radius 3 is 2.88 bits per heavy atom. The minimum atomic E-state index is -0.525. The number of rotatable bonds is 8. The number of hydrogen-bond acceptors (Lipinski definition) is 8. The molecule has 3 N–H and O–H groups in total. The monoisotopic (exact) mass is 377 g/mol. The minimum Gasteiger partial charge on any atom is -0.462 e. The Bertz CT molecular complexity index is 839. The van der Waals surface area contributed by atoms with E-state index in [0.717, 1.165) is 35.5 Å². The number of carbonyl (C=O) groups is 2. The molecule has 1 aromatic heterocycles. The zero-order chi connectivity index (χ0) is 18.9. The first-order valence-electron chi connectivity index (χ1n) is 7.91. The summed E-state index contributed by atoms with van der Waals surface area (Å²) >= 11 is 0.956.